The molecule has 112 valence electrons. The Morgan fingerprint density at radius 3 is 2.76 bits per heavy atom. The van der Waals surface area contributed by atoms with Gasteiger partial charge in [0.25, 0.3) is 5.91 Å². The lowest BCUT2D eigenvalue weighted by atomic mass is 10.2. The van der Waals surface area contributed by atoms with Gasteiger partial charge in [-0.1, -0.05) is 0 Å². The summed E-state index contributed by atoms with van der Waals surface area (Å²) < 4.78 is 2.11. The second-order valence-corrected chi connectivity index (χ2v) is 4.95. The molecular weight excluding hydrogens is 286 g/mol. The number of rotatable bonds is 3. The lowest BCUT2D eigenvalue weighted by Gasteiger charge is -2.10. The summed E-state index contributed by atoms with van der Waals surface area (Å²) in [5.41, 5.74) is 7.59. The van der Waals surface area contributed by atoms with Crippen LogP contribution in [0.3, 0.4) is 0 Å². The largest absolute Gasteiger partial charge is 0.362 e. The maximum absolute atomic E-state index is 12.1. The molecule has 0 atom stereocenters. The highest BCUT2D eigenvalue weighted by Crippen LogP contribution is 2.17. The van der Waals surface area contributed by atoms with E-state index in [2.05, 4.69) is 32.6 Å². The quantitative estimate of drug-likeness (QED) is 0.592. The van der Waals surface area contributed by atoms with Crippen molar-refractivity contribution in [2.24, 2.45) is 0 Å². The van der Waals surface area contributed by atoms with Gasteiger partial charge >= 0.3 is 0 Å². The Balaban J connectivity index is 2.15. The number of nitrogens with one attached hydrogen (secondary N) is 3. The number of carbonyl (C=O) groups is 1. The SMILES string of the molecule is CCNC(=S)NNC(=O)c1ccc2c(c1)nc(C)n2CC. The molecule has 0 fully saturated rings. The number of aryl methyl sites for hydroxylation is 2. The van der Waals surface area contributed by atoms with Gasteiger partial charge in [0.15, 0.2) is 5.11 Å². The molecule has 1 heterocycles. The minimum Gasteiger partial charge on any atom is -0.362 e. The van der Waals surface area contributed by atoms with Crippen molar-refractivity contribution in [3.8, 4) is 0 Å². The van der Waals surface area contributed by atoms with Gasteiger partial charge in [0.1, 0.15) is 5.82 Å². The highest BCUT2D eigenvalue weighted by Gasteiger charge is 2.10. The Bertz CT molecular complexity index is 679. The van der Waals surface area contributed by atoms with Crippen LogP contribution in [0.2, 0.25) is 0 Å². The fourth-order valence-corrected chi connectivity index (χ4v) is 2.38. The summed E-state index contributed by atoms with van der Waals surface area (Å²) >= 11 is 4.98. The molecule has 2 aromatic rings. The van der Waals surface area contributed by atoms with E-state index in [1.54, 1.807) is 12.1 Å². The molecular formula is C14H19N5OS. The number of thiocarbonyl (C=S) groups is 1. The summed E-state index contributed by atoms with van der Waals surface area (Å²) in [5.74, 6) is 0.692. The Morgan fingerprint density at radius 2 is 2.10 bits per heavy atom. The third-order valence-corrected chi connectivity index (χ3v) is 3.39. The molecule has 3 N–H and O–H groups in total. The van der Waals surface area contributed by atoms with E-state index in [9.17, 15) is 4.79 Å². The molecule has 0 spiro atoms. The Labute approximate surface area is 128 Å². The molecule has 0 unspecified atom stereocenters. The fraction of sp³-hybridized carbons (Fsp3) is 0.357. The third-order valence-electron chi connectivity index (χ3n) is 3.14. The van der Waals surface area contributed by atoms with Crippen molar-refractivity contribution in [1.29, 1.82) is 0 Å². The van der Waals surface area contributed by atoms with Crippen molar-refractivity contribution in [3.05, 3.63) is 29.6 Å². The van der Waals surface area contributed by atoms with E-state index < -0.39 is 0 Å². The molecule has 0 saturated carbocycles. The zero-order valence-electron chi connectivity index (χ0n) is 12.4. The topological polar surface area (TPSA) is 71.0 Å². The Hall–Kier alpha value is -2.15. The molecule has 1 aromatic carbocycles. The summed E-state index contributed by atoms with van der Waals surface area (Å²) in [4.78, 5) is 16.5. The lowest BCUT2D eigenvalue weighted by Crippen LogP contribution is -2.46. The lowest BCUT2D eigenvalue weighted by molar-refractivity contribution is 0.0944. The number of hydrogen-bond donors (Lipinski definition) is 3. The average molecular weight is 305 g/mol. The molecule has 21 heavy (non-hydrogen) atoms. The first-order chi connectivity index (χ1) is 10.1. The van der Waals surface area contributed by atoms with Crippen LogP contribution in [0.1, 0.15) is 30.0 Å². The molecule has 7 heteroatoms. The number of carbonyl (C=O) groups excluding carboxylic acids is 1. The number of imidazole rings is 1. The van der Waals surface area contributed by atoms with Crippen LogP contribution in [0.25, 0.3) is 11.0 Å². The van der Waals surface area contributed by atoms with Gasteiger partial charge < -0.3 is 9.88 Å². The Kier molecular flexibility index (Phi) is 4.74. The smallest absolute Gasteiger partial charge is 0.269 e. The van der Waals surface area contributed by atoms with Crippen LogP contribution in [0.15, 0.2) is 18.2 Å². The zero-order valence-corrected chi connectivity index (χ0v) is 13.2. The number of nitrogens with zero attached hydrogens (tertiary/aromatic N) is 2. The van der Waals surface area contributed by atoms with E-state index in [1.165, 1.54) is 0 Å². The van der Waals surface area contributed by atoms with Crippen LogP contribution < -0.4 is 16.2 Å². The second-order valence-electron chi connectivity index (χ2n) is 4.55. The van der Waals surface area contributed by atoms with Gasteiger partial charge in [-0.3, -0.25) is 15.6 Å². The molecule has 0 saturated heterocycles. The summed E-state index contributed by atoms with van der Waals surface area (Å²) in [6, 6.07) is 5.47. The van der Waals surface area contributed by atoms with Crippen LogP contribution in [0, 0.1) is 6.92 Å². The van der Waals surface area contributed by atoms with Gasteiger partial charge in [0, 0.05) is 18.7 Å². The minimum absolute atomic E-state index is 0.249. The first-order valence-electron chi connectivity index (χ1n) is 6.87. The van der Waals surface area contributed by atoms with Gasteiger partial charge in [-0.15, -0.1) is 0 Å². The van der Waals surface area contributed by atoms with Gasteiger partial charge in [0.05, 0.1) is 11.0 Å². The molecule has 0 aliphatic carbocycles. The van der Waals surface area contributed by atoms with Crippen LogP contribution in [-0.4, -0.2) is 27.1 Å². The van der Waals surface area contributed by atoms with E-state index in [0.29, 0.717) is 17.2 Å². The number of fused-ring (bicyclic) bond motifs is 1. The maximum Gasteiger partial charge on any atom is 0.269 e. The van der Waals surface area contributed by atoms with Crippen molar-refractivity contribution in [2.75, 3.05) is 6.54 Å². The number of aromatic nitrogens is 2. The minimum atomic E-state index is -0.249. The Morgan fingerprint density at radius 1 is 1.33 bits per heavy atom. The molecule has 0 aliphatic rings. The van der Waals surface area contributed by atoms with Crippen molar-refractivity contribution in [2.45, 2.75) is 27.3 Å². The molecule has 0 radical (unpaired) electrons. The van der Waals surface area contributed by atoms with Gasteiger partial charge in [-0.2, -0.15) is 0 Å². The van der Waals surface area contributed by atoms with Gasteiger partial charge in [-0.05, 0) is 51.2 Å². The highest BCUT2D eigenvalue weighted by atomic mass is 32.1. The third kappa shape index (κ3) is 3.30. The molecule has 6 nitrogen and oxygen atoms in total. The maximum atomic E-state index is 12.1. The predicted molar refractivity (Wildman–Crippen MR) is 87.0 cm³/mol. The first-order valence-corrected chi connectivity index (χ1v) is 7.28. The van der Waals surface area contributed by atoms with Gasteiger partial charge in [-0.25, -0.2) is 4.98 Å². The van der Waals surface area contributed by atoms with E-state index in [-0.39, 0.29) is 5.91 Å². The van der Waals surface area contributed by atoms with Crippen LogP contribution in [-0.2, 0) is 6.54 Å². The predicted octanol–water partition coefficient (Wildman–Crippen LogP) is 1.49. The van der Waals surface area contributed by atoms with Crippen LogP contribution in [0.5, 0.6) is 0 Å². The monoisotopic (exact) mass is 305 g/mol. The molecule has 1 amide bonds. The number of hydrogen-bond acceptors (Lipinski definition) is 3. The van der Waals surface area contributed by atoms with E-state index in [0.717, 1.165) is 23.4 Å². The molecule has 0 bridgehead atoms. The first kappa shape index (κ1) is 15.2. The average Bonchev–Trinajstić information content (AvgIpc) is 2.79. The molecule has 0 aliphatic heterocycles. The normalized spacial score (nSPS) is 10.4. The fourth-order valence-electron chi connectivity index (χ4n) is 2.18. The summed E-state index contributed by atoms with van der Waals surface area (Å²) in [6.45, 7) is 7.50. The van der Waals surface area contributed by atoms with E-state index in [1.807, 2.05) is 19.9 Å². The van der Waals surface area contributed by atoms with Crippen LogP contribution >= 0.6 is 12.2 Å². The van der Waals surface area contributed by atoms with Crippen LogP contribution in [0.4, 0.5) is 0 Å². The summed E-state index contributed by atoms with van der Waals surface area (Å²) in [6.07, 6.45) is 0. The highest BCUT2D eigenvalue weighted by molar-refractivity contribution is 7.80. The van der Waals surface area contributed by atoms with Crippen molar-refractivity contribution in [1.82, 2.24) is 25.7 Å². The zero-order chi connectivity index (χ0) is 15.4. The number of amides is 1. The van der Waals surface area contributed by atoms with Gasteiger partial charge in [0.2, 0.25) is 0 Å². The van der Waals surface area contributed by atoms with Crippen molar-refractivity contribution >= 4 is 34.3 Å². The summed E-state index contributed by atoms with van der Waals surface area (Å²) in [7, 11) is 0. The van der Waals surface area contributed by atoms with E-state index in [4.69, 9.17) is 12.2 Å². The number of hydrazine groups is 1. The standard InChI is InChI=1S/C14H19N5OS/c1-4-15-14(21)18-17-13(20)10-6-7-12-11(8-10)16-9(3)19(12)5-2/h6-8H,4-5H2,1-3H3,(H,17,20)(H2,15,18,21). The van der Waals surface area contributed by atoms with Crippen molar-refractivity contribution in [3.63, 3.8) is 0 Å². The molecule has 2 rings (SSSR count). The van der Waals surface area contributed by atoms with Crippen molar-refractivity contribution < 1.29 is 4.79 Å². The molecule has 1 aromatic heterocycles. The number of benzene rings is 1. The van der Waals surface area contributed by atoms with E-state index >= 15 is 0 Å². The second kappa shape index (κ2) is 6.53. The summed E-state index contributed by atoms with van der Waals surface area (Å²) in [5, 5.41) is 3.28.